The van der Waals surface area contributed by atoms with Gasteiger partial charge in [-0.3, -0.25) is 0 Å². The van der Waals surface area contributed by atoms with Crippen molar-refractivity contribution in [2.24, 2.45) is 0 Å². The molecule has 1 fully saturated rings. The highest BCUT2D eigenvalue weighted by atomic mass is 35.5. The Kier molecular flexibility index (Phi) is 6.11. The zero-order chi connectivity index (χ0) is 22.3. The molecule has 2 heterocycles. The number of H-pyrrole nitrogens is 1. The molecule has 0 spiro atoms. The minimum atomic E-state index is -1.61. The van der Waals surface area contributed by atoms with Crippen molar-refractivity contribution in [3.05, 3.63) is 62.7 Å². The van der Waals surface area contributed by atoms with Crippen molar-refractivity contribution < 1.29 is 23.7 Å². The molecule has 2 aromatic carbocycles. The number of nitrogens with zero attached hydrogens (tertiary/aromatic N) is 1. The summed E-state index contributed by atoms with van der Waals surface area (Å²) in [6, 6.07) is 8.76. The summed E-state index contributed by atoms with van der Waals surface area (Å²) in [6.45, 7) is -0.287. The molecule has 164 valence electrons. The fourth-order valence-corrected chi connectivity index (χ4v) is 4.27. The Hall–Kier alpha value is -1.97. The van der Waals surface area contributed by atoms with Crippen LogP contribution in [0.4, 0.5) is 14.5 Å². The van der Waals surface area contributed by atoms with Gasteiger partial charge in [0.15, 0.2) is 11.6 Å². The third-order valence-electron chi connectivity index (χ3n) is 5.41. The second kappa shape index (κ2) is 8.52. The molecular weight excluding hydrogens is 469 g/mol. The van der Waals surface area contributed by atoms with E-state index in [2.05, 4.69) is 4.98 Å². The van der Waals surface area contributed by atoms with Crippen LogP contribution in [0.1, 0.15) is 6.42 Å². The molecule has 1 saturated heterocycles. The monoisotopic (exact) mass is 486 g/mol. The molecular formula is C21H18Cl2F2N2O3S. The number of aliphatic hydroxyl groups is 2. The lowest BCUT2D eigenvalue weighted by Crippen LogP contribution is -2.58. The molecule has 0 aliphatic carbocycles. The average Bonchev–Trinajstić information content (AvgIpc) is 2.70. The minimum Gasteiger partial charge on any atom is -0.490 e. The summed E-state index contributed by atoms with van der Waals surface area (Å²) in [5.74, 6) is -1.21. The second-order valence-corrected chi connectivity index (χ2v) is 8.76. The molecule has 0 radical (unpaired) electrons. The summed E-state index contributed by atoms with van der Waals surface area (Å²) in [5.41, 5.74) is -1.29. The Morgan fingerprint density at radius 2 is 1.90 bits per heavy atom. The molecule has 0 amide bonds. The highest BCUT2D eigenvalue weighted by Crippen LogP contribution is 2.34. The minimum absolute atomic E-state index is 0.0314. The molecule has 5 nitrogen and oxygen atoms in total. The molecule has 4 rings (SSSR count). The first-order chi connectivity index (χ1) is 14.7. The quantitative estimate of drug-likeness (QED) is 0.459. The third kappa shape index (κ3) is 4.36. The molecule has 1 aliphatic rings. The molecule has 3 aromatic rings. The van der Waals surface area contributed by atoms with Crippen LogP contribution in [-0.4, -0.2) is 46.6 Å². The Morgan fingerprint density at radius 3 is 2.58 bits per heavy atom. The number of hydrogen-bond donors (Lipinski definition) is 3. The van der Waals surface area contributed by atoms with Crippen LogP contribution in [0.25, 0.3) is 10.9 Å². The summed E-state index contributed by atoms with van der Waals surface area (Å²) in [4.78, 5) is 4.34. The van der Waals surface area contributed by atoms with Gasteiger partial charge in [-0.25, -0.2) is 8.78 Å². The number of fused-ring (bicyclic) bond motifs is 1. The normalized spacial score (nSPS) is 21.5. The van der Waals surface area contributed by atoms with Gasteiger partial charge in [-0.1, -0.05) is 35.4 Å². The first kappa shape index (κ1) is 22.2. The van der Waals surface area contributed by atoms with Gasteiger partial charge in [0, 0.05) is 23.5 Å². The fraction of sp³-hybridized carbons (Fsp3) is 0.286. The average molecular weight is 487 g/mol. The number of benzene rings is 2. The van der Waals surface area contributed by atoms with E-state index >= 15 is 0 Å². The van der Waals surface area contributed by atoms with Gasteiger partial charge in [-0.2, -0.15) is 0 Å². The maximum atomic E-state index is 14.2. The predicted octanol–water partition coefficient (Wildman–Crippen LogP) is 4.86. The van der Waals surface area contributed by atoms with Crippen LogP contribution >= 0.6 is 35.4 Å². The fourth-order valence-electron chi connectivity index (χ4n) is 3.69. The maximum absolute atomic E-state index is 14.2. The predicted molar refractivity (Wildman–Crippen MR) is 119 cm³/mol. The van der Waals surface area contributed by atoms with Gasteiger partial charge < -0.3 is 24.8 Å². The van der Waals surface area contributed by atoms with Crippen molar-refractivity contribution in [3.63, 3.8) is 0 Å². The van der Waals surface area contributed by atoms with Gasteiger partial charge in [0.2, 0.25) is 0 Å². The lowest BCUT2D eigenvalue weighted by Gasteiger charge is -2.42. The molecule has 1 aromatic heterocycles. The van der Waals surface area contributed by atoms with E-state index in [1.54, 1.807) is 24.3 Å². The molecule has 3 N–H and O–H groups in total. The van der Waals surface area contributed by atoms with Crippen molar-refractivity contribution in [3.8, 4) is 5.75 Å². The van der Waals surface area contributed by atoms with Gasteiger partial charge in [0.05, 0.1) is 10.5 Å². The van der Waals surface area contributed by atoms with Gasteiger partial charge in [0.25, 0.3) is 0 Å². The van der Waals surface area contributed by atoms with E-state index in [4.69, 9.17) is 40.2 Å². The van der Waals surface area contributed by atoms with E-state index in [0.717, 1.165) is 12.1 Å². The maximum Gasteiger partial charge on any atom is 0.151 e. The highest BCUT2D eigenvalue weighted by Gasteiger charge is 2.42. The first-order valence-electron chi connectivity index (χ1n) is 9.42. The van der Waals surface area contributed by atoms with Crippen molar-refractivity contribution in [2.75, 3.05) is 24.6 Å². The number of aromatic amines is 1. The highest BCUT2D eigenvalue weighted by molar-refractivity contribution is 7.71. The third-order valence-corrected chi connectivity index (χ3v) is 6.18. The summed E-state index contributed by atoms with van der Waals surface area (Å²) in [5, 5.41) is 22.6. The molecule has 0 bridgehead atoms. The van der Waals surface area contributed by atoms with Crippen molar-refractivity contribution in [1.82, 2.24) is 4.98 Å². The zero-order valence-corrected chi connectivity index (χ0v) is 18.4. The van der Waals surface area contributed by atoms with Crippen LogP contribution in [0.2, 0.25) is 10.0 Å². The SMILES string of the molecule is O[C@@H]1CN(c2c(F)cc(Cl)cc2F)CC[C@@]1(O)COc1ccc(Cl)c2[nH]c(=S)ccc12. The topological polar surface area (TPSA) is 68.7 Å². The molecule has 1 aliphatic heterocycles. The number of anilines is 1. The number of rotatable bonds is 4. The summed E-state index contributed by atoms with van der Waals surface area (Å²) in [7, 11) is 0. The van der Waals surface area contributed by atoms with Crippen LogP contribution in [0.15, 0.2) is 36.4 Å². The molecule has 0 saturated carbocycles. The lowest BCUT2D eigenvalue weighted by molar-refractivity contribution is -0.108. The van der Waals surface area contributed by atoms with E-state index in [1.165, 1.54) is 4.90 Å². The van der Waals surface area contributed by atoms with Crippen LogP contribution in [0.5, 0.6) is 5.75 Å². The Morgan fingerprint density at radius 1 is 1.19 bits per heavy atom. The number of halogens is 4. The first-order valence-corrected chi connectivity index (χ1v) is 10.6. The summed E-state index contributed by atoms with van der Waals surface area (Å²) >= 11 is 17.0. The van der Waals surface area contributed by atoms with E-state index in [0.29, 0.717) is 26.3 Å². The number of pyridine rings is 1. The largest absolute Gasteiger partial charge is 0.490 e. The summed E-state index contributed by atoms with van der Waals surface area (Å²) in [6.07, 6.45) is -1.27. The molecule has 2 atom stereocenters. The number of piperidine rings is 1. The van der Waals surface area contributed by atoms with Gasteiger partial charge in [-0.05, 0) is 42.8 Å². The van der Waals surface area contributed by atoms with E-state index in [-0.39, 0.29) is 36.8 Å². The second-order valence-electron chi connectivity index (χ2n) is 7.48. The zero-order valence-electron chi connectivity index (χ0n) is 16.0. The Labute approximate surface area is 191 Å². The smallest absolute Gasteiger partial charge is 0.151 e. The molecule has 31 heavy (non-hydrogen) atoms. The summed E-state index contributed by atoms with van der Waals surface area (Å²) < 4.78 is 34.8. The number of nitrogens with one attached hydrogen (secondary N) is 1. The lowest BCUT2D eigenvalue weighted by atomic mass is 9.89. The van der Waals surface area contributed by atoms with Crippen molar-refractivity contribution in [2.45, 2.75) is 18.1 Å². The number of aromatic nitrogens is 1. The number of ether oxygens (including phenoxy) is 1. The van der Waals surface area contributed by atoms with Crippen LogP contribution in [0.3, 0.4) is 0 Å². The van der Waals surface area contributed by atoms with Crippen LogP contribution in [0, 0.1) is 16.3 Å². The number of β-amino-alcohol motifs (C(OH)–C–C–N with tert-alkyl or cyclic N) is 1. The standard InChI is InChI=1S/C21H18Cl2F2N2O3S/c22-11-7-14(24)20(15(25)8-11)27-6-5-21(29,17(28)9-27)10-30-16-3-2-13(23)19-12(16)1-4-18(31)26-19/h1-4,7-8,17,28-29H,5-6,9-10H2,(H,26,31)/t17-,21-/m1/s1. The van der Waals surface area contributed by atoms with E-state index < -0.39 is 23.3 Å². The van der Waals surface area contributed by atoms with Crippen LogP contribution < -0.4 is 9.64 Å². The van der Waals surface area contributed by atoms with Crippen LogP contribution in [-0.2, 0) is 0 Å². The Bertz CT molecular complexity index is 1190. The number of hydrogen-bond acceptors (Lipinski definition) is 5. The van der Waals surface area contributed by atoms with E-state index in [1.807, 2.05) is 0 Å². The van der Waals surface area contributed by atoms with Crippen molar-refractivity contribution >= 4 is 52.0 Å². The Balaban J connectivity index is 1.52. The van der Waals surface area contributed by atoms with Gasteiger partial charge in [0.1, 0.15) is 34.4 Å². The van der Waals surface area contributed by atoms with Crippen molar-refractivity contribution in [1.29, 1.82) is 0 Å². The molecule has 10 heteroatoms. The van der Waals surface area contributed by atoms with E-state index in [9.17, 15) is 19.0 Å². The van der Waals surface area contributed by atoms with Gasteiger partial charge >= 0.3 is 0 Å². The molecule has 0 unspecified atom stereocenters. The number of aliphatic hydroxyl groups excluding tert-OH is 1. The van der Waals surface area contributed by atoms with Gasteiger partial charge in [-0.15, -0.1) is 0 Å².